The molecule has 11 heavy (non-hydrogen) atoms. The Balaban J connectivity index is 3.54. The van der Waals surface area contributed by atoms with Crippen LogP contribution in [0.1, 0.15) is 20.3 Å². The molecule has 0 heterocycles. The largest absolute Gasteiger partial charge is 0.354 e. The summed E-state index contributed by atoms with van der Waals surface area (Å²) in [5, 5.41) is 8.24. The summed E-state index contributed by atoms with van der Waals surface area (Å²) in [5.41, 5.74) is 0.501. The van der Waals surface area contributed by atoms with Gasteiger partial charge in [0.15, 0.2) is 0 Å². The summed E-state index contributed by atoms with van der Waals surface area (Å²) in [4.78, 5) is 0. The van der Waals surface area contributed by atoms with Crippen molar-refractivity contribution < 1.29 is 4.52 Å². The molecule has 0 amide bonds. The van der Waals surface area contributed by atoms with E-state index in [2.05, 4.69) is 20.4 Å². The van der Waals surface area contributed by atoms with Crippen LogP contribution >= 0.6 is 8.15 Å². The van der Waals surface area contributed by atoms with Gasteiger partial charge in [-0.1, -0.05) is 20.4 Å². The molecular weight excluding hydrogens is 157 g/mol. The Kier molecular flexibility index (Phi) is 6.12. The number of hydrogen-bond donors (Lipinski definition) is 0. The Labute approximate surface area is 69.7 Å². The highest BCUT2D eigenvalue weighted by Crippen LogP contribution is 2.42. The van der Waals surface area contributed by atoms with E-state index in [1.165, 1.54) is 0 Å². The molecule has 2 nitrogen and oxygen atoms in total. The Hall–Kier alpha value is -0.380. The van der Waals surface area contributed by atoms with Crippen LogP contribution in [0.2, 0.25) is 0 Å². The molecule has 62 valence electrons. The quantitative estimate of drug-likeness (QED) is 0.470. The van der Waals surface area contributed by atoms with Gasteiger partial charge in [-0.3, -0.25) is 0 Å². The van der Waals surface area contributed by atoms with Gasteiger partial charge < -0.3 is 4.52 Å². The highest BCUT2D eigenvalue weighted by atomic mass is 31.1. The van der Waals surface area contributed by atoms with E-state index in [0.717, 1.165) is 0 Å². The molecule has 0 saturated carbocycles. The molecule has 0 aliphatic heterocycles. The molecule has 1 atom stereocenters. The van der Waals surface area contributed by atoms with Crippen LogP contribution in [0.15, 0.2) is 12.4 Å². The van der Waals surface area contributed by atoms with Gasteiger partial charge in [-0.25, -0.2) is 0 Å². The molecular formula is C8H14NOP. The molecule has 0 radical (unpaired) electrons. The van der Waals surface area contributed by atoms with Crippen LogP contribution in [-0.2, 0) is 4.52 Å². The zero-order valence-electron chi connectivity index (χ0n) is 7.08. The first-order valence-electron chi connectivity index (χ1n) is 3.63. The second-order valence-electron chi connectivity index (χ2n) is 2.38. The third-order valence-corrected chi connectivity index (χ3v) is 3.00. The zero-order valence-corrected chi connectivity index (χ0v) is 7.97. The molecule has 0 fully saturated rings. The van der Waals surface area contributed by atoms with E-state index in [1.54, 1.807) is 0 Å². The van der Waals surface area contributed by atoms with Gasteiger partial charge in [0.1, 0.15) is 0 Å². The summed E-state index contributed by atoms with van der Waals surface area (Å²) in [6.45, 7) is 8.41. The number of nitrogens with zero attached hydrogens (tertiary/aromatic N) is 1. The van der Waals surface area contributed by atoms with Gasteiger partial charge in [-0.2, -0.15) is 5.26 Å². The second kappa shape index (κ2) is 6.34. The minimum Gasteiger partial charge on any atom is -0.354 e. The number of rotatable bonds is 5. The predicted octanol–water partition coefficient (Wildman–Crippen LogP) is 2.87. The molecule has 0 aliphatic rings. The van der Waals surface area contributed by atoms with Crippen molar-refractivity contribution in [1.82, 2.24) is 0 Å². The first-order chi connectivity index (χ1) is 5.22. The van der Waals surface area contributed by atoms with Gasteiger partial charge in [0.05, 0.1) is 27.2 Å². The monoisotopic (exact) mass is 171 g/mol. The maximum absolute atomic E-state index is 8.24. The van der Waals surface area contributed by atoms with Gasteiger partial charge in [0.25, 0.3) is 0 Å². The smallest absolute Gasteiger partial charge is 0.0646 e. The van der Waals surface area contributed by atoms with Crippen molar-refractivity contribution in [2.24, 2.45) is 0 Å². The molecule has 0 aromatic rings. The fourth-order valence-electron chi connectivity index (χ4n) is 0.609. The molecule has 0 aromatic carbocycles. The fraction of sp³-hybridized carbons (Fsp3) is 0.625. The van der Waals surface area contributed by atoms with Gasteiger partial charge in [-0.05, 0) is 5.82 Å². The summed E-state index contributed by atoms with van der Waals surface area (Å²) in [5.74, 6) is 1.84. The molecule has 3 heteroatoms. The van der Waals surface area contributed by atoms with Crippen LogP contribution in [0, 0.1) is 11.3 Å². The number of hydrogen-bond acceptors (Lipinski definition) is 2. The van der Waals surface area contributed by atoms with Crippen molar-refractivity contribution in [2.45, 2.75) is 25.9 Å². The minimum absolute atomic E-state index is 0.472. The average Bonchev–Trinajstić information content (AvgIpc) is 1.97. The average molecular weight is 171 g/mol. The Bertz CT molecular complexity index is 151. The predicted molar refractivity (Wildman–Crippen MR) is 48.4 cm³/mol. The van der Waals surface area contributed by atoms with Gasteiger partial charge in [0, 0.05) is 5.66 Å². The lowest BCUT2D eigenvalue weighted by atomic mass is 10.5. The van der Waals surface area contributed by atoms with E-state index >= 15 is 0 Å². The maximum atomic E-state index is 8.24. The highest BCUT2D eigenvalue weighted by Gasteiger charge is 2.08. The minimum atomic E-state index is -0.516. The first kappa shape index (κ1) is 10.6. The van der Waals surface area contributed by atoms with Crippen molar-refractivity contribution in [3.8, 4) is 6.07 Å². The topological polar surface area (TPSA) is 33.0 Å². The standard InChI is InChI=1S/C8H14NOP/c1-4-11(8(2)3)10-7-5-6-9/h4,8H,1,5,7H2,2-3H3. The van der Waals surface area contributed by atoms with Crippen LogP contribution in [-0.4, -0.2) is 12.3 Å². The maximum Gasteiger partial charge on any atom is 0.0646 e. The van der Waals surface area contributed by atoms with E-state index < -0.39 is 8.15 Å². The highest BCUT2D eigenvalue weighted by molar-refractivity contribution is 7.56. The van der Waals surface area contributed by atoms with E-state index in [4.69, 9.17) is 9.79 Å². The molecule has 0 saturated heterocycles. The Morgan fingerprint density at radius 2 is 2.36 bits per heavy atom. The zero-order chi connectivity index (χ0) is 8.69. The first-order valence-corrected chi connectivity index (χ1v) is 5.03. The number of nitriles is 1. The summed E-state index contributed by atoms with van der Waals surface area (Å²) >= 11 is 0. The van der Waals surface area contributed by atoms with Gasteiger partial charge >= 0.3 is 0 Å². The van der Waals surface area contributed by atoms with Crippen LogP contribution in [0.3, 0.4) is 0 Å². The molecule has 0 bridgehead atoms. The van der Waals surface area contributed by atoms with E-state index in [-0.39, 0.29) is 0 Å². The Morgan fingerprint density at radius 3 is 2.73 bits per heavy atom. The van der Waals surface area contributed by atoms with Gasteiger partial charge in [-0.15, -0.1) is 0 Å². The van der Waals surface area contributed by atoms with Crippen molar-refractivity contribution in [2.75, 3.05) is 6.61 Å². The van der Waals surface area contributed by atoms with Crippen molar-refractivity contribution in [3.05, 3.63) is 12.4 Å². The normalized spacial score (nSPS) is 12.5. The summed E-state index contributed by atoms with van der Waals surface area (Å²) in [6.07, 6.45) is 0.472. The van der Waals surface area contributed by atoms with Crippen molar-refractivity contribution >= 4 is 8.15 Å². The molecule has 0 rings (SSSR count). The summed E-state index contributed by atoms with van der Waals surface area (Å²) in [7, 11) is -0.516. The van der Waals surface area contributed by atoms with Crippen molar-refractivity contribution in [1.29, 1.82) is 5.26 Å². The van der Waals surface area contributed by atoms with E-state index in [9.17, 15) is 0 Å². The van der Waals surface area contributed by atoms with Crippen molar-refractivity contribution in [3.63, 3.8) is 0 Å². The Morgan fingerprint density at radius 1 is 1.73 bits per heavy atom. The summed E-state index contributed by atoms with van der Waals surface area (Å²) < 4.78 is 5.42. The lowest BCUT2D eigenvalue weighted by molar-refractivity contribution is 0.363. The van der Waals surface area contributed by atoms with Crippen LogP contribution in [0.25, 0.3) is 0 Å². The molecule has 0 spiro atoms. The lowest BCUT2D eigenvalue weighted by Gasteiger charge is -2.15. The lowest BCUT2D eigenvalue weighted by Crippen LogP contribution is -1.95. The SMILES string of the molecule is C=CP(OCCC#N)C(C)C. The van der Waals surface area contributed by atoms with E-state index in [1.807, 2.05) is 11.9 Å². The van der Waals surface area contributed by atoms with Crippen LogP contribution in [0.5, 0.6) is 0 Å². The molecule has 1 unspecified atom stereocenters. The molecule has 0 aliphatic carbocycles. The third kappa shape index (κ3) is 4.95. The fourth-order valence-corrected chi connectivity index (χ4v) is 1.74. The second-order valence-corrected chi connectivity index (χ2v) is 4.75. The van der Waals surface area contributed by atoms with Crippen LogP contribution < -0.4 is 0 Å². The molecule has 0 aromatic heterocycles. The van der Waals surface area contributed by atoms with Crippen LogP contribution in [0.4, 0.5) is 0 Å². The molecule has 0 N–H and O–H groups in total. The third-order valence-electron chi connectivity index (χ3n) is 1.14. The van der Waals surface area contributed by atoms with E-state index in [0.29, 0.717) is 18.7 Å². The van der Waals surface area contributed by atoms with Gasteiger partial charge in [0.2, 0.25) is 0 Å². The summed E-state index contributed by atoms with van der Waals surface area (Å²) in [6, 6.07) is 2.04.